The van der Waals surface area contributed by atoms with E-state index in [-0.39, 0.29) is 37.4 Å². The van der Waals surface area contributed by atoms with Gasteiger partial charge in [-0.3, -0.25) is 4.79 Å². The summed E-state index contributed by atoms with van der Waals surface area (Å²) < 4.78 is 15.8. The van der Waals surface area contributed by atoms with Gasteiger partial charge in [-0.05, 0) is 57.7 Å². The van der Waals surface area contributed by atoms with Crippen LogP contribution in [0.15, 0.2) is 78.9 Å². The fourth-order valence-electron chi connectivity index (χ4n) is 4.12. The molecule has 3 rings (SSSR count). The summed E-state index contributed by atoms with van der Waals surface area (Å²) in [7, 11) is 0. The second-order valence-corrected chi connectivity index (χ2v) is 10.6. The van der Waals surface area contributed by atoms with E-state index in [2.05, 4.69) is 16.0 Å². The molecule has 0 bridgehead atoms. The van der Waals surface area contributed by atoms with Gasteiger partial charge in [-0.15, -0.1) is 0 Å². The van der Waals surface area contributed by atoms with Gasteiger partial charge < -0.3 is 30.2 Å². The zero-order valence-corrected chi connectivity index (χ0v) is 25.0. The van der Waals surface area contributed by atoms with E-state index in [0.29, 0.717) is 12.0 Å². The fraction of sp³-hybridized carbons (Fsp3) is 0.333. The highest BCUT2D eigenvalue weighted by Crippen LogP contribution is 2.32. The van der Waals surface area contributed by atoms with Gasteiger partial charge in [0, 0.05) is 12.1 Å². The third kappa shape index (κ3) is 10.8. The molecule has 10 nitrogen and oxygen atoms in total. The summed E-state index contributed by atoms with van der Waals surface area (Å²) >= 11 is 0. The van der Waals surface area contributed by atoms with Gasteiger partial charge in [0.25, 0.3) is 0 Å². The second-order valence-electron chi connectivity index (χ2n) is 10.6. The normalized spacial score (nSPS) is 11.5. The molecule has 1 atom stereocenters. The molecule has 0 saturated heterocycles. The monoisotopic (exact) mass is 589 g/mol. The van der Waals surface area contributed by atoms with Crippen LogP contribution in [0.5, 0.6) is 0 Å². The van der Waals surface area contributed by atoms with Crippen LogP contribution in [0.3, 0.4) is 0 Å². The highest BCUT2D eigenvalue weighted by atomic mass is 16.6. The second kappa shape index (κ2) is 16.0. The standard InChI is InChI=1S/C33H39N3O7/c1-5-41-30(38)26-19-12-18-25(24-16-10-7-11-17-24)28(26)36-29(37)27(35-32(40)43-33(2,3)4)20-13-21-34-31(39)42-22-23-14-8-6-9-15-23/h6-12,14-19,27H,5,13,20-22H2,1-4H3,(H,34,39)(H,35,40)(H,36,37)/t27-/m0/s1. The van der Waals surface area contributed by atoms with Gasteiger partial charge >= 0.3 is 18.2 Å². The largest absolute Gasteiger partial charge is 0.462 e. The molecule has 3 aromatic carbocycles. The number of benzene rings is 3. The Labute approximate surface area is 252 Å². The molecule has 0 unspecified atom stereocenters. The molecule has 0 radical (unpaired) electrons. The molecule has 0 heterocycles. The van der Waals surface area contributed by atoms with E-state index in [1.165, 1.54) is 0 Å². The minimum absolute atomic E-state index is 0.127. The first-order chi connectivity index (χ1) is 20.6. The molecule has 3 aromatic rings. The molecule has 0 aromatic heterocycles. The first-order valence-corrected chi connectivity index (χ1v) is 14.2. The summed E-state index contributed by atoms with van der Waals surface area (Å²) in [5, 5.41) is 8.14. The van der Waals surface area contributed by atoms with Crippen LogP contribution in [-0.4, -0.2) is 48.9 Å². The Kier molecular flexibility index (Phi) is 12.1. The lowest BCUT2D eigenvalue weighted by atomic mass is 9.99. The molecule has 10 heteroatoms. The number of hydrogen-bond donors (Lipinski definition) is 3. The van der Waals surface area contributed by atoms with Gasteiger partial charge in [-0.1, -0.05) is 72.8 Å². The Balaban J connectivity index is 1.75. The molecular weight excluding hydrogens is 550 g/mol. The number of ether oxygens (including phenoxy) is 3. The minimum atomic E-state index is -1.05. The van der Waals surface area contributed by atoms with E-state index < -0.39 is 35.7 Å². The summed E-state index contributed by atoms with van der Waals surface area (Å²) in [5.41, 5.74) is 1.89. The van der Waals surface area contributed by atoms with Crippen molar-refractivity contribution in [2.45, 2.75) is 58.8 Å². The average molecular weight is 590 g/mol. The van der Waals surface area contributed by atoms with Crippen molar-refractivity contribution in [1.82, 2.24) is 10.6 Å². The van der Waals surface area contributed by atoms with Crippen LogP contribution in [0.1, 0.15) is 56.5 Å². The molecule has 0 saturated carbocycles. The number of carbonyl (C=O) groups is 4. The lowest BCUT2D eigenvalue weighted by Gasteiger charge is -2.24. The number of anilines is 1. The van der Waals surface area contributed by atoms with Gasteiger partial charge in [-0.2, -0.15) is 0 Å². The van der Waals surface area contributed by atoms with Crippen LogP contribution in [-0.2, 0) is 25.6 Å². The number of amides is 3. The number of para-hydroxylation sites is 1. The van der Waals surface area contributed by atoms with Crippen molar-refractivity contribution in [2.75, 3.05) is 18.5 Å². The van der Waals surface area contributed by atoms with Gasteiger partial charge in [0.2, 0.25) is 5.91 Å². The Morgan fingerprint density at radius 3 is 2.14 bits per heavy atom. The smallest absolute Gasteiger partial charge is 0.408 e. The van der Waals surface area contributed by atoms with E-state index >= 15 is 0 Å². The lowest BCUT2D eigenvalue weighted by Crippen LogP contribution is -2.46. The predicted molar refractivity (Wildman–Crippen MR) is 163 cm³/mol. The maximum atomic E-state index is 13.7. The van der Waals surface area contributed by atoms with Crippen molar-refractivity contribution in [3.8, 4) is 11.1 Å². The van der Waals surface area contributed by atoms with Crippen molar-refractivity contribution in [3.05, 3.63) is 90.0 Å². The average Bonchev–Trinajstić information content (AvgIpc) is 2.97. The topological polar surface area (TPSA) is 132 Å². The summed E-state index contributed by atoms with van der Waals surface area (Å²) in [4.78, 5) is 51.3. The van der Waals surface area contributed by atoms with Crippen LogP contribution >= 0.6 is 0 Å². The molecule has 43 heavy (non-hydrogen) atoms. The van der Waals surface area contributed by atoms with Crippen LogP contribution < -0.4 is 16.0 Å². The van der Waals surface area contributed by atoms with Crippen molar-refractivity contribution in [3.63, 3.8) is 0 Å². The Bertz CT molecular complexity index is 1370. The molecule has 3 amide bonds. The Morgan fingerprint density at radius 2 is 1.49 bits per heavy atom. The highest BCUT2D eigenvalue weighted by Gasteiger charge is 2.27. The maximum Gasteiger partial charge on any atom is 0.408 e. The lowest BCUT2D eigenvalue weighted by molar-refractivity contribution is -0.118. The maximum absolute atomic E-state index is 13.7. The third-order valence-corrected chi connectivity index (χ3v) is 6.05. The van der Waals surface area contributed by atoms with Crippen molar-refractivity contribution in [1.29, 1.82) is 0 Å². The molecule has 3 N–H and O–H groups in total. The van der Waals surface area contributed by atoms with E-state index in [4.69, 9.17) is 14.2 Å². The molecule has 0 aliphatic heterocycles. The number of hydrogen-bond acceptors (Lipinski definition) is 7. The van der Waals surface area contributed by atoms with E-state index in [9.17, 15) is 19.2 Å². The van der Waals surface area contributed by atoms with E-state index in [0.717, 1.165) is 11.1 Å². The molecule has 0 fully saturated rings. The predicted octanol–water partition coefficient (Wildman–Crippen LogP) is 6.07. The summed E-state index contributed by atoms with van der Waals surface area (Å²) in [5.74, 6) is -1.16. The Hall–Kier alpha value is -4.86. The molecule has 0 aliphatic carbocycles. The van der Waals surface area contributed by atoms with Crippen LogP contribution in [0.2, 0.25) is 0 Å². The molecular formula is C33H39N3O7. The number of rotatable bonds is 12. The molecule has 228 valence electrons. The van der Waals surface area contributed by atoms with Crippen molar-refractivity contribution >= 4 is 29.8 Å². The number of alkyl carbamates (subject to hydrolysis) is 2. The van der Waals surface area contributed by atoms with Gasteiger partial charge in [0.15, 0.2) is 0 Å². The van der Waals surface area contributed by atoms with Gasteiger partial charge in [-0.25, -0.2) is 14.4 Å². The van der Waals surface area contributed by atoms with E-state index in [1.807, 2.05) is 60.7 Å². The third-order valence-electron chi connectivity index (χ3n) is 6.05. The van der Waals surface area contributed by atoms with Crippen molar-refractivity contribution in [2.24, 2.45) is 0 Å². The molecule has 0 spiro atoms. The number of carbonyl (C=O) groups excluding carboxylic acids is 4. The van der Waals surface area contributed by atoms with Crippen LogP contribution in [0.25, 0.3) is 11.1 Å². The minimum Gasteiger partial charge on any atom is -0.462 e. The number of esters is 1. The van der Waals surface area contributed by atoms with Gasteiger partial charge in [0.1, 0.15) is 18.2 Å². The Morgan fingerprint density at radius 1 is 0.814 bits per heavy atom. The van der Waals surface area contributed by atoms with Crippen molar-refractivity contribution < 1.29 is 33.4 Å². The molecule has 0 aliphatic rings. The quantitative estimate of drug-likeness (QED) is 0.133. The zero-order chi connectivity index (χ0) is 31.2. The van der Waals surface area contributed by atoms with Gasteiger partial charge in [0.05, 0.1) is 17.9 Å². The first-order valence-electron chi connectivity index (χ1n) is 14.2. The number of nitrogens with one attached hydrogen (secondary N) is 3. The summed E-state index contributed by atoms with van der Waals surface area (Å²) in [6.45, 7) is 7.33. The summed E-state index contributed by atoms with van der Waals surface area (Å²) in [6.07, 6.45) is -0.878. The van der Waals surface area contributed by atoms with E-state index in [1.54, 1.807) is 45.9 Å². The van der Waals surface area contributed by atoms with Crippen LogP contribution in [0.4, 0.5) is 15.3 Å². The zero-order valence-electron chi connectivity index (χ0n) is 25.0. The first kappa shape index (κ1) is 32.7. The van der Waals surface area contributed by atoms with Crippen LogP contribution in [0, 0.1) is 0 Å². The highest BCUT2D eigenvalue weighted by molar-refractivity contribution is 6.07. The summed E-state index contributed by atoms with van der Waals surface area (Å²) in [6, 6.07) is 22.6. The SMILES string of the molecule is CCOC(=O)c1cccc(-c2ccccc2)c1NC(=O)[C@H](CCCNC(=O)OCc1ccccc1)NC(=O)OC(C)(C)C. The fourth-order valence-corrected chi connectivity index (χ4v) is 4.12.